The Bertz CT molecular complexity index is 963. The highest BCUT2D eigenvalue weighted by molar-refractivity contribution is 7.92. The molecule has 0 bridgehead atoms. The van der Waals surface area contributed by atoms with Gasteiger partial charge in [-0.15, -0.1) is 0 Å². The molecule has 0 saturated heterocycles. The summed E-state index contributed by atoms with van der Waals surface area (Å²) in [5.41, 5.74) is 0.853. The molecule has 0 radical (unpaired) electrons. The van der Waals surface area contributed by atoms with Crippen molar-refractivity contribution in [1.29, 1.82) is 0 Å². The summed E-state index contributed by atoms with van der Waals surface area (Å²) in [7, 11) is -3.86. The van der Waals surface area contributed by atoms with Crippen molar-refractivity contribution in [3.05, 3.63) is 46.4 Å². The molecule has 0 aromatic heterocycles. The summed E-state index contributed by atoms with van der Waals surface area (Å²) in [4.78, 5) is 13.7. The summed E-state index contributed by atoms with van der Waals surface area (Å²) in [5.74, 6) is 0.374. The van der Waals surface area contributed by atoms with Crippen molar-refractivity contribution < 1.29 is 17.9 Å². The van der Waals surface area contributed by atoms with E-state index < -0.39 is 10.0 Å². The third-order valence-electron chi connectivity index (χ3n) is 3.80. The number of carbonyl (C=O) groups excluding carboxylic acids is 1. The Labute approximate surface area is 161 Å². The summed E-state index contributed by atoms with van der Waals surface area (Å²) in [6, 6.07) is 8.86. The van der Waals surface area contributed by atoms with E-state index in [2.05, 4.69) is 4.72 Å². The molecule has 9 heteroatoms. The summed E-state index contributed by atoms with van der Waals surface area (Å²) in [5, 5.41) is 0.415. The van der Waals surface area contributed by atoms with Gasteiger partial charge >= 0.3 is 0 Å². The molecule has 2 aromatic rings. The first-order valence-electron chi connectivity index (χ1n) is 7.87. The fraction of sp³-hybridized carbons (Fsp3) is 0.235. The number of benzene rings is 2. The van der Waals surface area contributed by atoms with Gasteiger partial charge in [-0.05, 0) is 42.8 Å². The topological polar surface area (TPSA) is 75.7 Å². The number of ether oxygens (including phenoxy) is 1. The molecule has 1 heterocycles. The third-order valence-corrected chi connectivity index (χ3v) is 5.92. The normalized spacial score (nSPS) is 14.0. The van der Waals surface area contributed by atoms with Crippen LogP contribution in [0.15, 0.2) is 41.3 Å². The molecule has 6 nitrogen and oxygen atoms in total. The highest BCUT2D eigenvalue weighted by Crippen LogP contribution is 2.35. The molecule has 26 heavy (non-hydrogen) atoms. The Morgan fingerprint density at radius 1 is 1.15 bits per heavy atom. The van der Waals surface area contributed by atoms with Crippen molar-refractivity contribution in [1.82, 2.24) is 0 Å². The Hall–Kier alpha value is -1.96. The first-order chi connectivity index (χ1) is 12.3. The van der Waals surface area contributed by atoms with Crippen molar-refractivity contribution in [2.24, 2.45) is 0 Å². The van der Waals surface area contributed by atoms with Crippen molar-refractivity contribution in [3.63, 3.8) is 0 Å². The number of halogens is 2. The van der Waals surface area contributed by atoms with Crippen molar-refractivity contribution in [3.8, 4) is 5.75 Å². The van der Waals surface area contributed by atoms with Crippen LogP contribution in [0.25, 0.3) is 0 Å². The Kier molecular flexibility index (Phi) is 5.32. The number of anilines is 2. The average molecular weight is 415 g/mol. The van der Waals surface area contributed by atoms with Gasteiger partial charge in [-0.3, -0.25) is 9.52 Å². The summed E-state index contributed by atoms with van der Waals surface area (Å²) in [6.45, 7) is 2.46. The van der Waals surface area contributed by atoms with Crippen LogP contribution in [0.1, 0.15) is 13.3 Å². The lowest BCUT2D eigenvalue weighted by Crippen LogP contribution is -2.39. The summed E-state index contributed by atoms with van der Waals surface area (Å²) >= 11 is 11.7. The molecule has 138 valence electrons. The fourth-order valence-corrected chi connectivity index (χ4v) is 4.03. The quantitative estimate of drug-likeness (QED) is 0.803. The van der Waals surface area contributed by atoms with Crippen LogP contribution >= 0.6 is 23.2 Å². The van der Waals surface area contributed by atoms with Crippen LogP contribution in [0, 0.1) is 0 Å². The molecule has 3 rings (SSSR count). The maximum Gasteiger partial charge on any atom is 0.265 e. The summed E-state index contributed by atoms with van der Waals surface area (Å²) in [6.07, 6.45) is 0.768. The lowest BCUT2D eigenvalue weighted by Gasteiger charge is -2.29. The van der Waals surface area contributed by atoms with E-state index in [0.717, 1.165) is 6.42 Å². The van der Waals surface area contributed by atoms with Crippen molar-refractivity contribution in [2.75, 3.05) is 22.8 Å². The second-order valence-corrected chi connectivity index (χ2v) is 8.19. The van der Waals surface area contributed by atoms with E-state index in [1.54, 1.807) is 23.1 Å². The zero-order valence-electron chi connectivity index (χ0n) is 13.8. The van der Waals surface area contributed by atoms with E-state index in [1.165, 1.54) is 18.2 Å². The van der Waals surface area contributed by atoms with E-state index in [1.807, 2.05) is 6.92 Å². The largest absolute Gasteiger partial charge is 0.482 e. The maximum atomic E-state index is 12.6. The standard InChI is InChI=1S/C17H16Cl2N2O4S/c1-2-7-21-15-8-11(3-6-16(15)25-10-17(21)22)20-26(23,24)12-4-5-13(18)14(19)9-12/h3-6,8-9,20H,2,7,10H2,1H3. The minimum atomic E-state index is -3.86. The number of nitrogens with zero attached hydrogens (tertiary/aromatic N) is 1. The molecule has 1 amide bonds. The first kappa shape index (κ1) is 18.8. The molecule has 0 unspecified atom stereocenters. The SMILES string of the molecule is CCCN1C(=O)COc2ccc(NS(=O)(=O)c3ccc(Cl)c(Cl)c3)cc21. The Morgan fingerprint density at radius 2 is 1.92 bits per heavy atom. The third kappa shape index (κ3) is 3.75. The van der Waals surface area contributed by atoms with Crippen LogP contribution in [-0.4, -0.2) is 27.5 Å². The van der Waals surface area contributed by atoms with Gasteiger partial charge in [0.25, 0.3) is 15.9 Å². The lowest BCUT2D eigenvalue weighted by molar-refractivity contribution is -0.121. The highest BCUT2D eigenvalue weighted by Gasteiger charge is 2.26. The molecule has 0 aliphatic carbocycles. The van der Waals surface area contributed by atoms with Crippen LogP contribution in [0.3, 0.4) is 0 Å². The highest BCUT2D eigenvalue weighted by atomic mass is 35.5. The van der Waals surface area contributed by atoms with Crippen LogP contribution in [-0.2, 0) is 14.8 Å². The number of hydrogen-bond donors (Lipinski definition) is 1. The molecule has 0 saturated carbocycles. The van der Waals surface area contributed by atoms with E-state index in [-0.39, 0.29) is 27.5 Å². The number of hydrogen-bond acceptors (Lipinski definition) is 4. The Balaban J connectivity index is 1.93. The van der Waals surface area contributed by atoms with E-state index >= 15 is 0 Å². The number of fused-ring (bicyclic) bond motifs is 1. The molecular formula is C17H16Cl2N2O4S. The molecule has 1 aliphatic rings. The van der Waals surface area contributed by atoms with Gasteiger partial charge in [-0.1, -0.05) is 30.1 Å². The molecule has 1 aliphatic heterocycles. The van der Waals surface area contributed by atoms with E-state index in [0.29, 0.717) is 23.7 Å². The molecular weight excluding hydrogens is 399 g/mol. The van der Waals surface area contributed by atoms with Gasteiger partial charge in [0.15, 0.2) is 6.61 Å². The first-order valence-corrected chi connectivity index (χ1v) is 10.1. The second kappa shape index (κ2) is 7.34. The van der Waals surface area contributed by atoms with Crippen LogP contribution < -0.4 is 14.4 Å². The smallest absolute Gasteiger partial charge is 0.265 e. The van der Waals surface area contributed by atoms with Gasteiger partial charge in [-0.25, -0.2) is 8.42 Å². The van der Waals surface area contributed by atoms with Crippen molar-refractivity contribution in [2.45, 2.75) is 18.2 Å². The summed E-state index contributed by atoms with van der Waals surface area (Å²) < 4.78 is 33.1. The minimum absolute atomic E-state index is 0.0117. The van der Waals surface area contributed by atoms with Crippen LogP contribution in [0.4, 0.5) is 11.4 Å². The van der Waals surface area contributed by atoms with Gasteiger partial charge < -0.3 is 9.64 Å². The van der Waals surface area contributed by atoms with Gasteiger partial charge in [0, 0.05) is 6.54 Å². The number of rotatable bonds is 5. The minimum Gasteiger partial charge on any atom is -0.482 e. The molecule has 0 spiro atoms. The number of amides is 1. The zero-order valence-corrected chi connectivity index (χ0v) is 16.2. The fourth-order valence-electron chi connectivity index (χ4n) is 2.59. The van der Waals surface area contributed by atoms with Crippen molar-refractivity contribution >= 4 is 50.5 Å². The van der Waals surface area contributed by atoms with E-state index in [4.69, 9.17) is 27.9 Å². The maximum absolute atomic E-state index is 12.6. The van der Waals surface area contributed by atoms with Gasteiger partial charge in [0.2, 0.25) is 0 Å². The number of carbonyl (C=O) groups is 1. The van der Waals surface area contributed by atoms with Gasteiger partial charge in [-0.2, -0.15) is 0 Å². The number of sulfonamides is 1. The lowest BCUT2D eigenvalue weighted by atomic mass is 10.2. The Morgan fingerprint density at radius 3 is 2.62 bits per heavy atom. The number of nitrogens with one attached hydrogen (secondary N) is 1. The second-order valence-electron chi connectivity index (χ2n) is 5.70. The van der Waals surface area contributed by atoms with E-state index in [9.17, 15) is 13.2 Å². The average Bonchev–Trinajstić information content (AvgIpc) is 2.59. The van der Waals surface area contributed by atoms with Gasteiger partial charge in [0.1, 0.15) is 5.75 Å². The zero-order chi connectivity index (χ0) is 18.9. The predicted octanol–water partition coefficient (Wildman–Crippen LogP) is 3.93. The predicted molar refractivity (Wildman–Crippen MR) is 102 cm³/mol. The molecule has 2 aromatic carbocycles. The van der Waals surface area contributed by atoms with Crippen LogP contribution in [0.5, 0.6) is 5.75 Å². The molecule has 1 N–H and O–H groups in total. The molecule has 0 fully saturated rings. The van der Waals surface area contributed by atoms with Crippen LogP contribution in [0.2, 0.25) is 10.0 Å². The molecule has 0 atom stereocenters. The monoisotopic (exact) mass is 414 g/mol. The van der Waals surface area contributed by atoms with Gasteiger partial charge in [0.05, 0.1) is 26.3 Å².